The fourth-order valence-corrected chi connectivity index (χ4v) is 2.48. The van der Waals surface area contributed by atoms with Gasteiger partial charge in [-0.1, -0.05) is 0 Å². The standard InChI is InChI=1S/C18H18BrNO5/c1-11(17(21)20-13-5-7-14(23-2)8-6-13)25-16-9-4-12(10-15(16)19)18(22)24-3/h4-11H,1-3H3,(H,20,21). The zero-order chi connectivity index (χ0) is 18.4. The predicted octanol–water partition coefficient (Wildman–Crippen LogP) is 3.65. The molecule has 0 saturated heterocycles. The van der Waals surface area contributed by atoms with Crippen molar-refractivity contribution >= 4 is 33.5 Å². The van der Waals surface area contributed by atoms with Gasteiger partial charge < -0.3 is 19.5 Å². The van der Waals surface area contributed by atoms with E-state index in [1.54, 1.807) is 56.5 Å². The third-order valence-corrected chi connectivity index (χ3v) is 4.00. The summed E-state index contributed by atoms with van der Waals surface area (Å²) in [5.74, 6) is 0.411. The topological polar surface area (TPSA) is 73.9 Å². The van der Waals surface area contributed by atoms with Crippen LogP contribution in [0, 0.1) is 0 Å². The average molecular weight is 408 g/mol. The summed E-state index contributed by atoms with van der Waals surface area (Å²) in [7, 11) is 2.89. The number of rotatable bonds is 6. The number of benzene rings is 2. The molecule has 1 unspecified atom stereocenters. The van der Waals surface area contributed by atoms with Crippen molar-refractivity contribution in [2.24, 2.45) is 0 Å². The summed E-state index contributed by atoms with van der Waals surface area (Å²) in [6.45, 7) is 1.64. The number of hydrogen-bond acceptors (Lipinski definition) is 5. The van der Waals surface area contributed by atoms with Gasteiger partial charge >= 0.3 is 5.97 Å². The molecule has 0 saturated carbocycles. The summed E-state index contributed by atoms with van der Waals surface area (Å²) in [5, 5.41) is 2.76. The maximum absolute atomic E-state index is 12.2. The highest BCUT2D eigenvalue weighted by atomic mass is 79.9. The number of carbonyl (C=O) groups excluding carboxylic acids is 2. The molecule has 7 heteroatoms. The minimum Gasteiger partial charge on any atom is -0.497 e. The van der Waals surface area contributed by atoms with E-state index in [4.69, 9.17) is 9.47 Å². The number of methoxy groups -OCH3 is 2. The van der Waals surface area contributed by atoms with Gasteiger partial charge in [-0.25, -0.2) is 4.79 Å². The summed E-state index contributed by atoms with van der Waals surface area (Å²) >= 11 is 3.33. The van der Waals surface area contributed by atoms with E-state index in [0.29, 0.717) is 27.2 Å². The summed E-state index contributed by atoms with van der Waals surface area (Å²) in [5.41, 5.74) is 1.03. The van der Waals surface area contributed by atoms with Crippen LogP contribution in [0.3, 0.4) is 0 Å². The molecule has 2 aromatic carbocycles. The van der Waals surface area contributed by atoms with Crippen LogP contribution in [0.2, 0.25) is 0 Å². The van der Waals surface area contributed by atoms with E-state index in [1.807, 2.05) is 0 Å². The van der Waals surface area contributed by atoms with Crippen LogP contribution in [0.4, 0.5) is 5.69 Å². The van der Waals surface area contributed by atoms with Crippen LogP contribution < -0.4 is 14.8 Å². The van der Waals surface area contributed by atoms with Crippen LogP contribution in [0.5, 0.6) is 11.5 Å². The fraction of sp³-hybridized carbons (Fsp3) is 0.222. The van der Waals surface area contributed by atoms with Gasteiger partial charge in [0.2, 0.25) is 0 Å². The van der Waals surface area contributed by atoms with Crippen molar-refractivity contribution in [2.45, 2.75) is 13.0 Å². The minimum atomic E-state index is -0.734. The van der Waals surface area contributed by atoms with Crippen LogP contribution in [0.1, 0.15) is 17.3 Å². The molecular weight excluding hydrogens is 390 g/mol. The molecule has 0 spiro atoms. The number of nitrogens with one attached hydrogen (secondary N) is 1. The molecule has 0 heterocycles. The Bertz CT molecular complexity index is 761. The van der Waals surface area contributed by atoms with E-state index in [-0.39, 0.29) is 5.91 Å². The largest absolute Gasteiger partial charge is 0.497 e. The molecule has 0 aliphatic heterocycles. The molecule has 1 amide bonds. The van der Waals surface area contributed by atoms with E-state index in [9.17, 15) is 9.59 Å². The van der Waals surface area contributed by atoms with E-state index < -0.39 is 12.1 Å². The van der Waals surface area contributed by atoms with Crippen LogP contribution in [0.15, 0.2) is 46.9 Å². The summed E-state index contributed by atoms with van der Waals surface area (Å²) in [4.78, 5) is 23.7. The lowest BCUT2D eigenvalue weighted by Crippen LogP contribution is -2.30. The number of halogens is 1. The molecule has 0 fully saturated rings. The van der Waals surface area contributed by atoms with E-state index in [2.05, 4.69) is 26.0 Å². The van der Waals surface area contributed by atoms with E-state index in [1.165, 1.54) is 7.11 Å². The molecule has 2 rings (SSSR count). The Labute approximate surface area is 154 Å². The quantitative estimate of drug-likeness (QED) is 0.739. The highest BCUT2D eigenvalue weighted by Gasteiger charge is 2.17. The Morgan fingerprint density at radius 2 is 1.76 bits per heavy atom. The smallest absolute Gasteiger partial charge is 0.337 e. The van der Waals surface area contributed by atoms with Crippen molar-refractivity contribution in [3.63, 3.8) is 0 Å². The number of ether oxygens (including phenoxy) is 3. The third kappa shape index (κ3) is 4.96. The van der Waals surface area contributed by atoms with Crippen molar-refractivity contribution in [2.75, 3.05) is 19.5 Å². The van der Waals surface area contributed by atoms with E-state index in [0.717, 1.165) is 0 Å². The molecule has 6 nitrogen and oxygen atoms in total. The van der Waals surface area contributed by atoms with Gasteiger partial charge in [-0.2, -0.15) is 0 Å². The second kappa shape index (κ2) is 8.53. The number of anilines is 1. The Kier molecular flexibility index (Phi) is 6.41. The summed E-state index contributed by atoms with van der Waals surface area (Å²) < 4.78 is 15.9. The van der Waals surface area contributed by atoms with Crippen molar-refractivity contribution in [1.82, 2.24) is 0 Å². The van der Waals surface area contributed by atoms with Crippen molar-refractivity contribution < 1.29 is 23.8 Å². The molecule has 0 radical (unpaired) electrons. The summed E-state index contributed by atoms with van der Waals surface area (Å²) in [6, 6.07) is 11.7. The average Bonchev–Trinajstić information content (AvgIpc) is 2.63. The Morgan fingerprint density at radius 3 is 2.32 bits per heavy atom. The third-order valence-electron chi connectivity index (χ3n) is 3.38. The van der Waals surface area contributed by atoms with Gasteiger partial charge in [0.05, 0.1) is 24.3 Å². The Balaban J connectivity index is 2.01. The maximum atomic E-state index is 12.2. The van der Waals surface area contributed by atoms with Gasteiger partial charge in [0.25, 0.3) is 5.91 Å². The first kappa shape index (κ1) is 18.8. The van der Waals surface area contributed by atoms with Gasteiger partial charge in [0, 0.05) is 5.69 Å². The second-order valence-corrected chi connectivity index (χ2v) is 5.97. The van der Waals surface area contributed by atoms with Gasteiger partial charge in [-0.15, -0.1) is 0 Å². The number of hydrogen-bond donors (Lipinski definition) is 1. The van der Waals surface area contributed by atoms with Gasteiger partial charge in [-0.05, 0) is 65.3 Å². The number of esters is 1. The zero-order valence-electron chi connectivity index (χ0n) is 14.0. The molecule has 1 N–H and O–H groups in total. The predicted molar refractivity (Wildman–Crippen MR) is 97.2 cm³/mol. The summed E-state index contributed by atoms with van der Waals surface area (Å²) in [6.07, 6.45) is -0.734. The maximum Gasteiger partial charge on any atom is 0.337 e. The minimum absolute atomic E-state index is 0.297. The van der Waals surface area contributed by atoms with Crippen LogP contribution >= 0.6 is 15.9 Å². The van der Waals surface area contributed by atoms with Crippen LogP contribution in [-0.4, -0.2) is 32.2 Å². The first-order valence-corrected chi connectivity index (χ1v) is 8.23. The molecule has 1 atom stereocenters. The van der Waals surface area contributed by atoms with Crippen molar-refractivity contribution in [3.05, 3.63) is 52.5 Å². The number of amides is 1. The first-order chi connectivity index (χ1) is 11.9. The monoisotopic (exact) mass is 407 g/mol. The Morgan fingerprint density at radius 1 is 1.08 bits per heavy atom. The van der Waals surface area contributed by atoms with E-state index >= 15 is 0 Å². The highest BCUT2D eigenvalue weighted by molar-refractivity contribution is 9.10. The lowest BCUT2D eigenvalue weighted by atomic mass is 10.2. The molecule has 0 aliphatic carbocycles. The fourth-order valence-electron chi connectivity index (χ4n) is 2.00. The molecule has 2 aromatic rings. The zero-order valence-corrected chi connectivity index (χ0v) is 15.6. The molecule has 0 bridgehead atoms. The van der Waals surface area contributed by atoms with Gasteiger partial charge in [0.1, 0.15) is 11.5 Å². The molecule has 132 valence electrons. The second-order valence-electron chi connectivity index (χ2n) is 5.11. The molecule has 0 aliphatic rings. The first-order valence-electron chi connectivity index (χ1n) is 7.44. The molecular formula is C18H18BrNO5. The lowest BCUT2D eigenvalue weighted by molar-refractivity contribution is -0.122. The van der Waals surface area contributed by atoms with Gasteiger partial charge in [0.15, 0.2) is 6.10 Å². The SMILES string of the molecule is COC(=O)c1ccc(OC(C)C(=O)Nc2ccc(OC)cc2)c(Br)c1. The van der Waals surface area contributed by atoms with Crippen molar-refractivity contribution in [1.29, 1.82) is 0 Å². The van der Waals surface area contributed by atoms with Crippen molar-refractivity contribution in [3.8, 4) is 11.5 Å². The Hall–Kier alpha value is -2.54. The lowest BCUT2D eigenvalue weighted by Gasteiger charge is -2.16. The van der Waals surface area contributed by atoms with Crippen LogP contribution in [0.25, 0.3) is 0 Å². The molecule has 25 heavy (non-hydrogen) atoms. The number of carbonyl (C=O) groups is 2. The normalized spacial score (nSPS) is 11.4. The highest BCUT2D eigenvalue weighted by Crippen LogP contribution is 2.27. The van der Waals surface area contributed by atoms with Gasteiger partial charge in [-0.3, -0.25) is 4.79 Å². The van der Waals surface area contributed by atoms with Crippen LogP contribution in [-0.2, 0) is 9.53 Å². The molecule has 0 aromatic heterocycles.